The molecular weight excluding hydrogens is 164 g/mol. The summed E-state index contributed by atoms with van der Waals surface area (Å²) in [7, 11) is 2.13. The molecule has 0 aromatic carbocycles. The lowest BCUT2D eigenvalue weighted by atomic mass is 10.5. The summed E-state index contributed by atoms with van der Waals surface area (Å²) in [6.45, 7) is 11.3. The maximum absolute atomic E-state index is 5.40. The van der Waals surface area contributed by atoms with Crippen molar-refractivity contribution in [3.8, 4) is 0 Å². The van der Waals surface area contributed by atoms with Crippen molar-refractivity contribution in [1.82, 2.24) is 10.2 Å². The molecule has 0 aliphatic heterocycles. The van der Waals surface area contributed by atoms with Crippen molar-refractivity contribution in [3.05, 3.63) is 0 Å². The van der Waals surface area contributed by atoms with Crippen molar-refractivity contribution in [3.63, 3.8) is 0 Å². The van der Waals surface area contributed by atoms with Crippen LogP contribution in [-0.2, 0) is 4.74 Å². The van der Waals surface area contributed by atoms with Gasteiger partial charge in [-0.25, -0.2) is 0 Å². The first kappa shape index (κ1) is 12.9. The highest BCUT2D eigenvalue weighted by atomic mass is 16.5. The Labute approximate surface area is 82.4 Å². The second kappa shape index (κ2) is 8.48. The zero-order valence-electron chi connectivity index (χ0n) is 9.47. The van der Waals surface area contributed by atoms with Gasteiger partial charge in [-0.05, 0) is 27.4 Å². The minimum Gasteiger partial charge on any atom is -0.377 e. The van der Waals surface area contributed by atoms with E-state index < -0.39 is 0 Å². The van der Waals surface area contributed by atoms with E-state index >= 15 is 0 Å². The Kier molecular flexibility index (Phi) is 8.40. The van der Waals surface area contributed by atoms with Crippen LogP contribution in [0.2, 0.25) is 0 Å². The van der Waals surface area contributed by atoms with Crippen molar-refractivity contribution in [1.29, 1.82) is 0 Å². The third kappa shape index (κ3) is 9.80. The number of likely N-dealkylation sites (N-methyl/N-ethyl adjacent to an activating group) is 1. The van der Waals surface area contributed by atoms with Crippen molar-refractivity contribution >= 4 is 0 Å². The Balaban J connectivity index is 2.99. The SMILES string of the molecule is CCN(C)CCNCCOC(C)C. The topological polar surface area (TPSA) is 24.5 Å². The Morgan fingerprint density at radius 2 is 2.00 bits per heavy atom. The third-order valence-corrected chi connectivity index (χ3v) is 1.94. The van der Waals surface area contributed by atoms with Crippen molar-refractivity contribution in [2.24, 2.45) is 0 Å². The molecule has 0 aromatic rings. The van der Waals surface area contributed by atoms with Gasteiger partial charge in [0, 0.05) is 19.6 Å². The monoisotopic (exact) mass is 188 g/mol. The molecule has 0 radical (unpaired) electrons. The summed E-state index contributed by atoms with van der Waals surface area (Å²) in [4.78, 5) is 2.29. The summed E-state index contributed by atoms with van der Waals surface area (Å²) in [5.74, 6) is 0. The first-order valence-corrected chi connectivity index (χ1v) is 5.17. The molecule has 0 saturated carbocycles. The van der Waals surface area contributed by atoms with E-state index in [1.165, 1.54) is 0 Å². The van der Waals surface area contributed by atoms with Crippen LogP contribution in [0.1, 0.15) is 20.8 Å². The average Bonchev–Trinajstić information content (AvgIpc) is 2.10. The molecular formula is C10H24N2O. The lowest BCUT2D eigenvalue weighted by Gasteiger charge is -2.14. The molecule has 3 nitrogen and oxygen atoms in total. The van der Waals surface area contributed by atoms with Crippen LogP contribution in [0.5, 0.6) is 0 Å². The molecule has 0 atom stereocenters. The standard InChI is InChI=1S/C10H24N2O/c1-5-12(4)8-6-11-7-9-13-10(2)3/h10-11H,5-9H2,1-4H3. The van der Waals surface area contributed by atoms with Gasteiger partial charge in [0.2, 0.25) is 0 Å². The van der Waals surface area contributed by atoms with Crippen molar-refractivity contribution < 1.29 is 4.74 Å². The second-order valence-electron chi connectivity index (χ2n) is 3.57. The van der Waals surface area contributed by atoms with Crippen LogP contribution in [0.4, 0.5) is 0 Å². The van der Waals surface area contributed by atoms with E-state index in [9.17, 15) is 0 Å². The minimum absolute atomic E-state index is 0.347. The molecule has 13 heavy (non-hydrogen) atoms. The third-order valence-electron chi connectivity index (χ3n) is 1.94. The minimum atomic E-state index is 0.347. The van der Waals surface area contributed by atoms with Gasteiger partial charge in [0.05, 0.1) is 12.7 Å². The number of hydrogen-bond acceptors (Lipinski definition) is 3. The molecule has 0 fully saturated rings. The molecule has 0 amide bonds. The fourth-order valence-corrected chi connectivity index (χ4v) is 0.920. The zero-order chi connectivity index (χ0) is 10.1. The number of nitrogens with zero attached hydrogens (tertiary/aromatic N) is 1. The van der Waals surface area contributed by atoms with Gasteiger partial charge in [0.1, 0.15) is 0 Å². The van der Waals surface area contributed by atoms with Crippen molar-refractivity contribution in [2.45, 2.75) is 26.9 Å². The fraction of sp³-hybridized carbons (Fsp3) is 1.00. The highest BCUT2D eigenvalue weighted by Crippen LogP contribution is 1.84. The number of ether oxygens (including phenoxy) is 1. The van der Waals surface area contributed by atoms with Gasteiger partial charge < -0.3 is 15.0 Å². The molecule has 0 heterocycles. The van der Waals surface area contributed by atoms with Crippen molar-refractivity contribution in [2.75, 3.05) is 39.8 Å². The summed E-state index contributed by atoms with van der Waals surface area (Å²) in [5.41, 5.74) is 0. The normalized spacial score (nSPS) is 11.5. The van der Waals surface area contributed by atoms with E-state index in [0.29, 0.717) is 6.10 Å². The van der Waals surface area contributed by atoms with Crippen LogP contribution in [0.25, 0.3) is 0 Å². The molecule has 0 aliphatic carbocycles. The predicted octanol–water partition coefficient (Wildman–Crippen LogP) is 0.953. The van der Waals surface area contributed by atoms with Crippen LogP contribution in [0.3, 0.4) is 0 Å². The Morgan fingerprint density at radius 3 is 2.54 bits per heavy atom. The summed E-state index contributed by atoms with van der Waals surface area (Å²) >= 11 is 0. The van der Waals surface area contributed by atoms with Crippen LogP contribution in [-0.4, -0.2) is 50.8 Å². The highest BCUT2D eigenvalue weighted by Gasteiger charge is 1.94. The van der Waals surface area contributed by atoms with E-state index in [4.69, 9.17) is 4.74 Å². The Morgan fingerprint density at radius 1 is 1.31 bits per heavy atom. The lowest BCUT2D eigenvalue weighted by molar-refractivity contribution is 0.0806. The average molecular weight is 188 g/mol. The summed E-state index contributed by atoms with van der Waals surface area (Å²) in [6, 6.07) is 0. The van der Waals surface area contributed by atoms with Gasteiger partial charge in [-0.2, -0.15) is 0 Å². The van der Waals surface area contributed by atoms with Crippen LogP contribution in [0, 0.1) is 0 Å². The maximum atomic E-state index is 5.40. The predicted molar refractivity (Wildman–Crippen MR) is 57.1 cm³/mol. The van der Waals surface area contributed by atoms with E-state index in [-0.39, 0.29) is 0 Å². The largest absolute Gasteiger partial charge is 0.377 e. The number of hydrogen-bond donors (Lipinski definition) is 1. The van der Waals surface area contributed by atoms with Crippen LogP contribution < -0.4 is 5.32 Å². The first-order valence-electron chi connectivity index (χ1n) is 5.17. The number of nitrogens with one attached hydrogen (secondary N) is 1. The van der Waals surface area contributed by atoms with Gasteiger partial charge in [0.15, 0.2) is 0 Å². The molecule has 0 unspecified atom stereocenters. The molecule has 0 bridgehead atoms. The molecule has 80 valence electrons. The van der Waals surface area contributed by atoms with E-state index in [1.54, 1.807) is 0 Å². The van der Waals surface area contributed by atoms with Gasteiger partial charge >= 0.3 is 0 Å². The maximum Gasteiger partial charge on any atom is 0.0594 e. The lowest BCUT2D eigenvalue weighted by Crippen LogP contribution is -2.31. The summed E-state index contributed by atoms with van der Waals surface area (Å²) in [5, 5.41) is 3.34. The van der Waals surface area contributed by atoms with E-state index in [2.05, 4.69) is 38.0 Å². The molecule has 0 saturated heterocycles. The molecule has 0 aliphatic rings. The van der Waals surface area contributed by atoms with Gasteiger partial charge in [-0.3, -0.25) is 0 Å². The van der Waals surface area contributed by atoms with Crippen LogP contribution in [0.15, 0.2) is 0 Å². The zero-order valence-corrected chi connectivity index (χ0v) is 9.47. The second-order valence-corrected chi connectivity index (χ2v) is 3.57. The summed E-state index contributed by atoms with van der Waals surface area (Å²) < 4.78 is 5.40. The molecule has 0 rings (SSSR count). The highest BCUT2D eigenvalue weighted by molar-refractivity contribution is 4.52. The molecule has 1 N–H and O–H groups in total. The van der Waals surface area contributed by atoms with Gasteiger partial charge in [-0.1, -0.05) is 6.92 Å². The van der Waals surface area contributed by atoms with Crippen LogP contribution >= 0.6 is 0 Å². The molecule has 0 spiro atoms. The summed E-state index contributed by atoms with van der Waals surface area (Å²) in [6.07, 6.45) is 0.347. The Hall–Kier alpha value is -0.120. The van der Waals surface area contributed by atoms with E-state index in [0.717, 1.165) is 32.8 Å². The van der Waals surface area contributed by atoms with Gasteiger partial charge in [0.25, 0.3) is 0 Å². The number of rotatable bonds is 8. The molecule has 3 heteroatoms. The molecule has 0 aromatic heterocycles. The fourth-order valence-electron chi connectivity index (χ4n) is 0.920. The first-order chi connectivity index (χ1) is 6.16. The quantitative estimate of drug-likeness (QED) is 0.574. The Bertz CT molecular complexity index is 107. The smallest absolute Gasteiger partial charge is 0.0594 e. The van der Waals surface area contributed by atoms with E-state index in [1.807, 2.05) is 0 Å². The van der Waals surface area contributed by atoms with Gasteiger partial charge in [-0.15, -0.1) is 0 Å².